The molecule has 1 amide bonds. The number of likely N-dealkylation sites (tertiary alicyclic amines) is 1. The quantitative estimate of drug-likeness (QED) is 0.906. The summed E-state index contributed by atoms with van der Waals surface area (Å²) in [6, 6.07) is 13.0. The van der Waals surface area contributed by atoms with Crippen molar-refractivity contribution in [3.63, 3.8) is 0 Å². The molecule has 0 saturated carbocycles. The molecule has 1 fully saturated rings. The van der Waals surface area contributed by atoms with Gasteiger partial charge in [0.1, 0.15) is 0 Å². The molecule has 0 radical (unpaired) electrons. The van der Waals surface area contributed by atoms with Crippen LogP contribution in [0.3, 0.4) is 0 Å². The highest BCUT2D eigenvalue weighted by Gasteiger charge is 2.40. The van der Waals surface area contributed by atoms with E-state index in [1.807, 2.05) is 18.2 Å². The fourth-order valence-corrected chi connectivity index (χ4v) is 3.24. The zero-order valence-electron chi connectivity index (χ0n) is 13.6. The van der Waals surface area contributed by atoms with Crippen LogP contribution in [0.2, 0.25) is 0 Å². The van der Waals surface area contributed by atoms with Gasteiger partial charge in [0.25, 0.3) is 5.91 Å². The van der Waals surface area contributed by atoms with Gasteiger partial charge in [0.05, 0.1) is 11.5 Å². The van der Waals surface area contributed by atoms with E-state index in [4.69, 9.17) is 0 Å². The lowest BCUT2D eigenvalue weighted by Gasteiger charge is -2.17. The van der Waals surface area contributed by atoms with Crippen LogP contribution in [0, 0.1) is 5.92 Å². The van der Waals surface area contributed by atoms with Crippen LogP contribution in [0.25, 0.3) is 0 Å². The molecular formula is C19H16F3NO3. The third-order valence-corrected chi connectivity index (χ3v) is 4.61. The summed E-state index contributed by atoms with van der Waals surface area (Å²) in [7, 11) is 0. The van der Waals surface area contributed by atoms with Crippen LogP contribution in [-0.4, -0.2) is 35.0 Å². The minimum atomic E-state index is -4.47. The van der Waals surface area contributed by atoms with E-state index in [0.29, 0.717) is 0 Å². The number of hydrogen-bond donors (Lipinski definition) is 1. The average Bonchev–Trinajstić information content (AvgIpc) is 3.07. The maximum absolute atomic E-state index is 12.6. The Hall–Kier alpha value is -2.83. The van der Waals surface area contributed by atoms with E-state index >= 15 is 0 Å². The van der Waals surface area contributed by atoms with Crippen LogP contribution in [-0.2, 0) is 11.0 Å². The first-order valence-corrected chi connectivity index (χ1v) is 8.01. The monoisotopic (exact) mass is 363 g/mol. The number of nitrogens with zero attached hydrogens (tertiary/aromatic N) is 1. The van der Waals surface area contributed by atoms with Gasteiger partial charge < -0.3 is 10.0 Å². The van der Waals surface area contributed by atoms with Crippen LogP contribution in [0.5, 0.6) is 0 Å². The van der Waals surface area contributed by atoms with Gasteiger partial charge in [0.15, 0.2) is 0 Å². The van der Waals surface area contributed by atoms with E-state index in [2.05, 4.69) is 0 Å². The Morgan fingerprint density at radius 2 is 1.58 bits per heavy atom. The predicted molar refractivity (Wildman–Crippen MR) is 87.7 cm³/mol. The number of carboxylic acid groups (broad SMARTS) is 1. The van der Waals surface area contributed by atoms with Crippen LogP contribution in [0.1, 0.15) is 27.4 Å². The van der Waals surface area contributed by atoms with Gasteiger partial charge in [-0.15, -0.1) is 0 Å². The molecule has 0 aliphatic carbocycles. The lowest BCUT2D eigenvalue weighted by Crippen LogP contribution is -2.30. The second kappa shape index (κ2) is 6.82. The van der Waals surface area contributed by atoms with Gasteiger partial charge in [-0.2, -0.15) is 13.2 Å². The Balaban J connectivity index is 1.81. The Kier molecular flexibility index (Phi) is 4.71. The Bertz CT molecular complexity index is 803. The molecule has 0 bridgehead atoms. The van der Waals surface area contributed by atoms with Crippen molar-refractivity contribution in [3.8, 4) is 0 Å². The molecule has 4 nitrogen and oxygen atoms in total. The maximum atomic E-state index is 12.6. The van der Waals surface area contributed by atoms with Gasteiger partial charge in [-0.3, -0.25) is 9.59 Å². The van der Waals surface area contributed by atoms with Crippen molar-refractivity contribution in [2.45, 2.75) is 12.1 Å². The number of amides is 1. The van der Waals surface area contributed by atoms with Crippen molar-refractivity contribution in [2.24, 2.45) is 5.92 Å². The Morgan fingerprint density at radius 3 is 2.12 bits per heavy atom. The molecule has 1 saturated heterocycles. The maximum Gasteiger partial charge on any atom is 0.416 e. The summed E-state index contributed by atoms with van der Waals surface area (Å²) >= 11 is 0. The molecule has 26 heavy (non-hydrogen) atoms. The zero-order valence-corrected chi connectivity index (χ0v) is 13.6. The first-order chi connectivity index (χ1) is 12.3. The van der Waals surface area contributed by atoms with E-state index in [1.165, 1.54) is 4.90 Å². The highest BCUT2D eigenvalue weighted by Crippen LogP contribution is 2.34. The lowest BCUT2D eigenvalue weighted by atomic mass is 9.89. The number of benzene rings is 2. The van der Waals surface area contributed by atoms with E-state index in [-0.39, 0.29) is 24.6 Å². The van der Waals surface area contributed by atoms with Crippen LogP contribution in [0.4, 0.5) is 13.2 Å². The molecule has 1 heterocycles. The summed E-state index contributed by atoms with van der Waals surface area (Å²) in [5, 5.41) is 9.48. The van der Waals surface area contributed by atoms with Crippen molar-refractivity contribution in [1.82, 2.24) is 4.90 Å². The minimum absolute atomic E-state index is 0.0226. The number of carbonyl (C=O) groups excluding carboxylic acids is 1. The smallest absolute Gasteiger partial charge is 0.416 e. The van der Waals surface area contributed by atoms with Gasteiger partial charge in [-0.25, -0.2) is 0 Å². The van der Waals surface area contributed by atoms with Crippen molar-refractivity contribution in [1.29, 1.82) is 0 Å². The minimum Gasteiger partial charge on any atom is -0.481 e. The zero-order chi connectivity index (χ0) is 18.9. The van der Waals surface area contributed by atoms with Crippen molar-refractivity contribution < 1.29 is 27.9 Å². The molecule has 1 aliphatic rings. The Morgan fingerprint density at radius 1 is 0.962 bits per heavy atom. The lowest BCUT2D eigenvalue weighted by molar-refractivity contribution is -0.141. The predicted octanol–water partition coefficient (Wildman–Crippen LogP) is 3.65. The Labute approximate surface area is 147 Å². The summed E-state index contributed by atoms with van der Waals surface area (Å²) < 4.78 is 37.9. The highest BCUT2D eigenvalue weighted by molar-refractivity contribution is 5.95. The van der Waals surface area contributed by atoms with Crippen molar-refractivity contribution in [2.75, 3.05) is 13.1 Å². The van der Waals surface area contributed by atoms with E-state index in [1.54, 1.807) is 12.1 Å². The topological polar surface area (TPSA) is 57.6 Å². The van der Waals surface area contributed by atoms with E-state index in [0.717, 1.165) is 29.8 Å². The normalized spacial score (nSPS) is 20.2. The van der Waals surface area contributed by atoms with Gasteiger partial charge in [0.2, 0.25) is 0 Å². The molecule has 7 heteroatoms. The summed E-state index contributed by atoms with van der Waals surface area (Å²) in [6.45, 7) is 0.232. The number of rotatable bonds is 3. The first kappa shape index (κ1) is 18.0. The fourth-order valence-electron chi connectivity index (χ4n) is 3.24. The number of halogens is 3. The molecule has 0 spiro atoms. The molecular weight excluding hydrogens is 347 g/mol. The molecule has 136 valence electrons. The largest absolute Gasteiger partial charge is 0.481 e. The number of carbonyl (C=O) groups is 2. The molecule has 2 atom stereocenters. The van der Waals surface area contributed by atoms with E-state index in [9.17, 15) is 27.9 Å². The first-order valence-electron chi connectivity index (χ1n) is 8.01. The third-order valence-electron chi connectivity index (χ3n) is 4.61. The van der Waals surface area contributed by atoms with Crippen molar-refractivity contribution >= 4 is 11.9 Å². The number of aliphatic carboxylic acids is 1. The standard InChI is InChI=1S/C19H16F3NO3/c20-19(21,22)14-8-6-13(7-9-14)17(24)23-10-15(16(11-23)18(25)26)12-4-2-1-3-5-12/h1-9,15-16H,10-11H2,(H,25,26). The second-order valence-corrected chi connectivity index (χ2v) is 6.25. The molecule has 2 aromatic carbocycles. The van der Waals surface area contributed by atoms with Gasteiger partial charge in [0, 0.05) is 24.6 Å². The van der Waals surface area contributed by atoms with Gasteiger partial charge >= 0.3 is 12.1 Å². The summed E-state index contributed by atoms with van der Waals surface area (Å²) in [4.78, 5) is 25.6. The highest BCUT2D eigenvalue weighted by atomic mass is 19.4. The SMILES string of the molecule is O=C(O)C1CN(C(=O)c2ccc(C(F)(F)F)cc2)CC1c1ccccc1. The molecule has 0 aromatic heterocycles. The second-order valence-electron chi connectivity index (χ2n) is 6.25. The molecule has 1 N–H and O–H groups in total. The third kappa shape index (κ3) is 3.56. The number of carboxylic acids is 1. The summed E-state index contributed by atoms with van der Waals surface area (Å²) in [5.41, 5.74) is 0.0968. The van der Waals surface area contributed by atoms with Gasteiger partial charge in [-0.05, 0) is 29.8 Å². The molecule has 1 aliphatic heterocycles. The van der Waals surface area contributed by atoms with Crippen LogP contribution >= 0.6 is 0 Å². The summed E-state index contributed by atoms with van der Waals surface area (Å²) in [5.74, 6) is -2.58. The summed E-state index contributed by atoms with van der Waals surface area (Å²) in [6.07, 6.45) is -4.47. The van der Waals surface area contributed by atoms with Crippen molar-refractivity contribution in [3.05, 3.63) is 71.3 Å². The molecule has 2 unspecified atom stereocenters. The molecule has 3 rings (SSSR count). The molecule has 2 aromatic rings. The van der Waals surface area contributed by atoms with Gasteiger partial charge in [-0.1, -0.05) is 30.3 Å². The van der Waals surface area contributed by atoms with Crippen LogP contribution < -0.4 is 0 Å². The number of hydrogen-bond acceptors (Lipinski definition) is 2. The average molecular weight is 363 g/mol. The fraction of sp³-hybridized carbons (Fsp3) is 0.263. The van der Waals surface area contributed by atoms with E-state index < -0.39 is 29.5 Å². The number of alkyl halides is 3. The van der Waals surface area contributed by atoms with Crippen LogP contribution in [0.15, 0.2) is 54.6 Å².